The topological polar surface area (TPSA) is 72.2 Å². The molecular formula is C9H11BrN2O3S. The van der Waals surface area contributed by atoms with Crippen LogP contribution in [0.5, 0.6) is 0 Å². The van der Waals surface area contributed by atoms with Crippen LogP contribution in [-0.2, 0) is 0 Å². The lowest BCUT2D eigenvalue weighted by Crippen LogP contribution is -2.23. The Bertz CT molecular complexity index is 405. The van der Waals surface area contributed by atoms with Crippen LogP contribution in [0.4, 0.5) is 5.00 Å². The molecule has 1 amide bonds. The van der Waals surface area contributed by atoms with E-state index in [0.717, 1.165) is 24.2 Å². The van der Waals surface area contributed by atoms with E-state index >= 15 is 0 Å². The van der Waals surface area contributed by atoms with Crippen LogP contribution in [0.1, 0.15) is 29.4 Å². The average molecular weight is 307 g/mol. The number of nitro groups is 1. The Morgan fingerprint density at radius 2 is 2.38 bits per heavy atom. The fourth-order valence-corrected chi connectivity index (χ4v) is 2.61. The molecule has 5 nitrogen and oxygen atoms in total. The Kier molecular flexibility index (Phi) is 4.88. The number of unbranched alkanes of at least 4 members (excludes halogenated alkanes) is 1. The molecule has 88 valence electrons. The summed E-state index contributed by atoms with van der Waals surface area (Å²) >= 11 is 3.93. The summed E-state index contributed by atoms with van der Waals surface area (Å²) in [5.74, 6) is -0.257. The van der Waals surface area contributed by atoms with Gasteiger partial charge in [0, 0.05) is 6.54 Å². The molecule has 16 heavy (non-hydrogen) atoms. The molecular weight excluding hydrogens is 296 g/mol. The number of nitrogens with zero attached hydrogens (tertiary/aromatic N) is 1. The molecule has 0 aliphatic rings. The number of rotatable bonds is 5. The van der Waals surface area contributed by atoms with Crippen molar-refractivity contribution in [1.82, 2.24) is 5.32 Å². The van der Waals surface area contributed by atoms with Gasteiger partial charge in [0.1, 0.15) is 4.47 Å². The number of thiophene rings is 1. The van der Waals surface area contributed by atoms with Gasteiger partial charge in [-0.3, -0.25) is 14.9 Å². The summed E-state index contributed by atoms with van der Waals surface area (Å²) in [5, 5.41) is 13.2. The van der Waals surface area contributed by atoms with Crippen molar-refractivity contribution in [2.75, 3.05) is 6.54 Å². The van der Waals surface area contributed by atoms with Gasteiger partial charge in [0.15, 0.2) is 0 Å². The van der Waals surface area contributed by atoms with Gasteiger partial charge < -0.3 is 5.32 Å². The minimum Gasteiger partial charge on any atom is -0.351 e. The molecule has 0 atom stereocenters. The molecule has 0 saturated heterocycles. The fraction of sp³-hybridized carbons (Fsp3) is 0.444. The highest BCUT2D eigenvalue weighted by atomic mass is 79.9. The van der Waals surface area contributed by atoms with Crippen LogP contribution in [0.15, 0.2) is 10.5 Å². The maximum absolute atomic E-state index is 11.6. The van der Waals surface area contributed by atoms with Gasteiger partial charge in [0.05, 0.1) is 9.80 Å². The Hall–Kier alpha value is -0.950. The van der Waals surface area contributed by atoms with E-state index in [2.05, 4.69) is 21.2 Å². The van der Waals surface area contributed by atoms with Crippen LogP contribution in [0.3, 0.4) is 0 Å². The lowest BCUT2D eigenvalue weighted by atomic mass is 10.3. The van der Waals surface area contributed by atoms with Crippen molar-refractivity contribution in [3.63, 3.8) is 0 Å². The van der Waals surface area contributed by atoms with Crippen molar-refractivity contribution >= 4 is 38.2 Å². The van der Waals surface area contributed by atoms with Gasteiger partial charge >= 0.3 is 5.00 Å². The summed E-state index contributed by atoms with van der Waals surface area (Å²) in [7, 11) is 0. The third kappa shape index (κ3) is 3.28. The van der Waals surface area contributed by atoms with E-state index in [4.69, 9.17) is 0 Å². The third-order valence-corrected chi connectivity index (χ3v) is 3.83. The second-order valence-corrected chi connectivity index (χ2v) is 5.02. The zero-order valence-corrected chi connectivity index (χ0v) is 11.1. The minimum atomic E-state index is -0.502. The van der Waals surface area contributed by atoms with Crippen LogP contribution >= 0.6 is 27.3 Å². The molecule has 0 aromatic carbocycles. The van der Waals surface area contributed by atoms with Gasteiger partial charge in [-0.1, -0.05) is 24.7 Å². The zero-order valence-electron chi connectivity index (χ0n) is 8.66. The number of amides is 1. The van der Waals surface area contributed by atoms with Gasteiger partial charge in [-0.25, -0.2) is 0 Å². The molecule has 0 aliphatic carbocycles. The zero-order chi connectivity index (χ0) is 12.1. The van der Waals surface area contributed by atoms with Crippen molar-refractivity contribution in [2.45, 2.75) is 19.8 Å². The van der Waals surface area contributed by atoms with Crippen molar-refractivity contribution in [3.05, 3.63) is 25.5 Å². The predicted octanol–water partition coefficient (Wildman–Crippen LogP) is 2.95. The van der Waals surface area contributed by atoms with Crippen LogP contribution in [0, 0.1) is 10.1 Å². The van der Waals surface area contributed by atoms with Crippen LogP contribution in [0.2, 0.25) is 0 Å². The summed E-state index contributed by atoms with van der Waals surface area (Å²) < 4.78 is 0.350. The van der Waals surface area contributed by atoms with E-state index in [0.29, 0.717) is 15.9 Å². The first-order valence-electron chi connectivity index (χ1n) is 4.78. The van der Waals surface area contributed by atoms with Crippen molar-refractivity contribution in [2.24, 2.45) is 0 Å². The molecule has 7 heteroatoms. The molecule has 1 aromatic heterocycles. The molecule has 1 rings (SSSR count). The van der Waals surface area contributed by atoms with E-state index in [1.54, 1.807) is 0 Å². The molecule has 1 heterocycles. The lowest BCUT2D eigenvalue weighted by Gasteiger charge is -2.00. The molecule has 0 saturated carbocycles. The van der Waals surface area contributed by atoms with E-state index in [1.807, 2.05) is 6.92 Å². The monoisotopic (exact) mass is 306 g/mol. The summed E-state index contributed by atoms with van der Waals surface area (Å²) in [4.78, 5) is 22.0. The molecule has 0 fully saturated rings. The highest BCUT2D eigenvalue weighted by Crippen LogP contribution is 2.34. The Morgan fingerprint density at radius 1 is 1.69 bits per heavy atom. The van der Waals surface area contributed by atoms with Gasteiger partial charge in [0.2, 0.25) is 0 Å². The highest BCUT2D eigenvalue weighted by Gasteiger charge is 2.20. The van der Waals surface area contributed by atoms with Crippen LogP contribution in [0.25, 0.3) is 0 Å². The number of carbonyl (C=O) groups excluding carboxylic acids is 1. The Morgan fingerprint density at radius 3 is 2.88 bits per heavy atom. The molecule has 0 bridgehead atoms. The molecule has 0 spiro atoms. The summed E-state index contributed by atoms with van der Waals surface area (Å²) in [6.07, 6.45) is 1.90. The molecule has 0 unspecified atom stereocenters. The summed E-state index contributed by atoms with van der Waals surface area (Å²) in [6, 6.07) is 1.48. The quantitative estimate of drug-likeness (QED) is 0.516. The minimum absolute atomic E-state index is 0.0411. The second kappa shape index (κ2) is 5.95. The molecule has 1 N–H and O–H groups in total. The number of nitrogens with one attached hydrogen (secondary N) is 1. The maximum atomic E-state index is 11.6. The highest BCUT2D eigenvalue weighted by molar-refractivity contribution is 9.10. The van der Waals surface area contributed by atoms with E-state index < -0.39 is 4.92 Å². The number of hydrogen-bond acceptors (Lipinski definition) is 4. The first-order chi connectivity index (χ1) is 7.56. The third-order valence-electron chi connectivity index (χ3n) is 1.87. The van der Waals surface area contributed by atoms with Crippen molar-refractivity contribution < 1.29 is 9.72 Å². The van der Waals surface area contributed by atoms with E-state index in [1.165, 1.54) is 6.07 Å². The standard InChI is InChI=1S/C9H11BrN2O3S/c1-2-3-4-11-8(13)7-5-6(10)9(16-7)12(14)15/h5H,2-4H2,1H3,(H,11,13). The van der Waals surface area contributed by atoms with Gasteiger partial charge in [-0.05, 0) is 28.4 Å². The Labute approximate surface area is 105 Å². The first kappa shape index (κ1) is 13.1. The first-order valence-corrected chi connectivity index (χ1v) is 6.39. The predicted molar refractivity (Wildman–Crippen MR) is 65.9 cm³/mol. The smallest absolute Gasteiger partial charge is 0.338 e. The van der Waals surface area contributed by atoms with E-state index in [9.17, 15) is 14.9 Å². The van der Waals surface area contributed by atoms with Crippen molar-refractivity contribution in [3.8, 4) is 0 Å². The number of hydrogen-bond donors (Lipinski definition) is 1. The SMILES string of the molecule is CCCCNC(=O)c1cc(Br)c([N+](=O)[O-])s1. The number of halogens is 1. The van der Waals surface area contributed by atoms with Gasteiger partial charge in [-0.15, -0.1) is 0 Å². The second-order valence-electron chi connectivity index (χ2n) is 3.13. The number of carbonyl (C=O) groups is 1. The van der Waals surface area contributed by atoms with E-state index in [-0.39, 0.29) is 10.9 Å². The summed E-state index contributed by atoms with van der Waals surface area (Å²) in [6.45, 7) is 2.62. The molecule has 1 aromatic rings. The normalized spacial score (nSPS) is 10.1. The maximum Gasteiger partial charge on any atom is 0.338 e. The largest absolute Gasteiger partial charge is 0.351 e. The summed E-state index contributed by atoms with van der Waals surface area (Å²) in [5.41, 5.74) is 0. The molecule has 0 aliphatic heterocycles. The molecule has 0 radical (unpaired) electrons. The van der Waals surface area contributed by atoms with Crippen molar-refractivity contribution in [1.29, 1.82) is 0 Å². The van der Waals surface area contributed by atoms with Crippen LogP contribution in [-0.4, -0.2) is 17.4 Å². The van der Waals surface area contributed by atoms with Gasteiger partial charge in [0.25, 0.3) is 5.91 Å². The lowest BCUT2D eigenvalue weighted by molar-refractivity contribution is -0.380. The average Bonchev–Trinajstić information content (AvgIpc) is 2.60. The van der Waals surface area contributed by atoms with Crippen LogP contribution < -0.4 is 5.32 Å². The fourth-order valence-electron chi connectivity index (χ4n) is 1.06. The Balaban J connectivity index is 2.69. The van der Waals surface area contributed by atoms with Gasteiger partial charge in [-0.2, -0.15) is 0 Å².